The molecule has 0 aliphatic rings. The standard InChI is InChI=1S/C21H20F3N7O2S/c1-5-31-8-13(9(2)29-31)19(33)28-16-15-11(12-7-26-30(4)10(12)3)6-14(21(22,23)24)27-20(15)34-17(16)18(25)32/h6-8H,5H2,1-4H3,(H2,25,32)(H,28,33). The SMILES string of the molecule is CCn1cc(C(=O)Nc2c(C(N)=O)sc3nc(C(F)(F)F)cc(-c4cnn(C)c4C)c23)c(C)n1. The minimum absolute atomic E-state index is 0.000580. The number of nitrogens with two attached hydrogens (primary N) is 1. The minimum Gasteiger partial charge on any atom is -0.365 e. The quantitative estimate of drug-likeness (QED) is 0.439. The molecule has 34 heavy (non-hydrogen) atoms. The van der Waals surface area contributed by atoms with Crippen molar-refractivity contribution in [2.75, 3.05) is 5.32 Å². The average Bonchev–Trinajstić information content (AvgIpc) is 3.42. The Morgan fingerprint density at radius 1 is 1.24 bits per heavy atom. The van der Waals surface area contributed by atoms with Crippen molar-refractivity contribution in [2.45, 2.75) is 33.5 Å². The lowest BCUT2D eigenvalue weighted by Crippen LogP contribution is -2.17. The van der Waals surface area contributed by atoms with Gasteiger partial charge in [0.05, 0.1) is 23.1 Å². The van der Waals surface area contributed by atoms with E-state index in [-0.39, 0.29) is 31.9 Å². The topological polar surface area (TPSA) is 121 Å². The molecule has 9 nitrogen and oxygen atoms in total. The number of nitrogens with one attached hydrogen (secondary N) is 1. The number of aryl methyl sites for hydroxylation is 3. The van der Waals surface area contributed by atoms with Crippen LogP contribution in [0.2, 0.25) is 0 Å². The molecule has 0 bridgehead atoms. The summed E-state index contributed by atoms with van der Waals surface area (Å²) in [4.78, 5) is 28.9. The first-order valence-electron chi connectivity index (χ1n) is 10.1. The predicted octanol–water partition coefficient (Wildman–Crippen LogP) is 3.90. The number of nitrogens with zero attached hydrogens (tertiary/aromatic N) is 5. The molecule has 4 aromatic rings. The lowest BCUT2D eigenvalue weighted by atomic mass is 10.0. The molecule has 3 N–H and O–H groups in total. The molecule has 0 aliphatic heterocycles. The lowest BCUT2D eigenvalue weighted by molar-refractivity contribution is -0.140. The van der Waals surface area contributed by atoms with Crippen molar-refractivity contribution in [3.63, 3.8) is 0 Å². The molecule has 0 saturated heterocycles. The molecule has 2 amide bonds. The van der Waals surface area contributed by atoms with E-state index in [4.69, 9.17) is 5.73 Å². The van der Waals surface area contributed by atoms with Crippen LogP contribution in [0.5, 0.6) is 0 Å². The number of primary amides is 1. The molecule has 178 valence electrons. The molecule has 4 rings (SSSR count). The van der Waals surface area contributed by atoms with Gasteiger partial charge in [-0.1, -0.05) is 0 Å². The van der Waals surface area contributed by atoms with E-state index < -0.39 is 23.7 Å². The zero-order chi connectivity index (χ0) is 24.9. The van der Waals surface area contributed by atoms with Crippen molar-refractivity contribution in [3.05, 3.63) is 46.0 Å². The molecule has 0 aliphatic carbocycles. The van der Waals surface area contributed by atoms with Crippen LogP contribution >= 0.6 is 11.3 Å². The summed E-state index contributed by atoms with van der Waals surface area (Å²) in [6.45, 7) is 5.75. The van der Waals surface area contributed by atoms with Crippen LogP contribution < -0.4 is 11.1 Å². The number of carbonyl (C=O) groups excluding carboxylic acids is 2. The predicted molar refractivity (Wildman–Crippen MR) is 121 cm³/mol. The lowest BCUT2D eigenvalue weighted by Gasteiger charge is -2.12. The molecule has 0 atom stereocenters. The van der Waals surface area contributed by atoms with Gasteiger partial charge in [-0.25, -0.2) is 4.98 Å². The van der Waals surface area contributed by atoms with Crippen LogP contribution in [0.15, 0.2) is 18.5 Å². The number of fused-ring (bicyclic) bond motifs is 1. The minimum atomic E-state index is -4.73. The van der Waals surface area contributed by atoms with Crippen molar-refractivity contribution < 1.29 is 22.8 Å². The second-order valence-corrected chi connectivity index (χ2v) is 8.61. The fourth-order valence-electron chi connectivity index (χ4n) is 3.60. The Hall–Kier alpha value is -3.74. The van der Waals surface area contributed by atoms with E-state index in [0.29, 0.717) is 34.8 Å². The van der Waals surface area contributed by atoms with Crippen LogP contribution in [0.1, 0.15) is 44.0 Å². The molecule has 4 heterocycles. The van der Waals surface area contributed by atoms with E-state index in [1.807, 2.05) is 6.92 Å². The molecule has 13 heteroatoms. The summed E-state index contributed by atoms with van der Waals surface area (Å²) in [6, 6.07) is 0.889. The summed E-state index contributed by atoms with van der Waals surface area (Å²) in [5.74, 6) is -1.48. The van der Waals surface area contributed by atoms with Crippen LogP contribution in [0, 0.1) is 13.8 Å². The second kappa shape index (κ2) is 8.24. The Labute approximate surface area is 195 Å². The Morgan fingerprint density at radius 2 is 1.94 bits per heavy atom. The van der Waals surface area contributed by atoms with E-state index in [0.717, 1.165) is 6.07 Å². The van der Waals surface area contributed by atoms with Crippen LogP contribution in [-0.4, -0.2) is 36.4 Å². The van der Waals surface area contributed by atoms with Crippen molar-refractivity contribution in [2.24, 2.45) is 12.8 Å². The summed E-state index contributed by atoms with van der Waals surface area (Å²) < 4.78 is 44.0. The normalized spacial score (nSPS) is 11.9. The highest BCUT2D eigenvalue weighted by Crippen LogP contribution is 2.44. The molecule has 0 saturated carbocycles. The van der Waals surface area contributed by atoms with Crippen LogP contribution in [0.4, 0.5) is 18.9 Å². The average molecular weight is 491 g/mol. The first-order valence-corrected chi connectivity index (χ1v) is 10.9. The third-order valence-electron chi connectivity index (χ3n) is 5.46. The van der Waals surface area contributed by atoms with Gasteiger partial charge in [0.1, 0.15) is 15.4 Å². The Kier molecular flexibility index (Phi) is 5.67. The highest BCUT2D eigenvalue weighted by atomic mass is 32.1. The first kappa shape index (κ1) is 23.4. The van der Waals surface area contributed by atoms with Gasteiger partial charge in [0, 0.05) is 36.4 Å². The van der Waals surface area contributed by atoms with E-state index in [1.54, 1.807) is 31.8 Å². The third-order valence-corrected chi connectivity index (χ3v) is 6.55. The van der Waals surface area contributed by atoms with Gasteiger partial charge < -0.3 is 11.1 Å². The Bertz CT molecular complexity index is 1450. The van der Waals surface area contributed by atoms with Gasteiger partial charge in [0.2, 0.25) is 0 Å². The third kappa shape index (κ3) is 3.91. The molecule has 0 radical (unpaired) electrons. The monoisotopic (exact) mass is 491 g/mol. The highest BCUT2D eigenvalue weighted by molar-refractivity contribution is 7.21. The van der Waals surface area contributed by atoms with E-state index in [2.05, 4.69) is 20.5 Å². The summed E-state index contributed by atoms with van der Waals surface area (Å²) >= 11 is 0.686. The number of rotatable bonds is 5. The van der Waals surface area contributed by atoms with Crippen LogP contribution in [0.3, 0.4) is 0 Å². The number of aromatic nitrogens is 5. The Morgan fingerprint density at radius 3 is 2.47 bits per heavy atom. The van der Waals surface area contributed by atoms with E-state index >= 15 is 0 Å². The second-order valence-electron chi connectivity index (χ2n) is 7.61. The molecule has 0 fully saturated rings. The fourth-order valence-corrected chi connectivity index (χ4v) is 4.60. The van der Waals surface area contributed by atoms with Gasteiger partial charge in [-0.3, -0.25) is 19.0 Å². The number of pyridine rings is 1. The maximum atomic E-state index is 13.6. The van der Waals surface area contributed by atoms with Gasteiger partial charge in [-0.05, 0) is 32.4 Å². The molecular formula is C21H20F3N7O2S. The van der Waals surface area contributed by atoms with Gasteiger partial charge >= 0.3 is 6.18 Å². The first-order chi connectivity index (χ1) is 15.9. The van der Waals surface area contributed by atoms with Gasteiger partial charge in [0.15, 0.2) is 0 Å². The van der Waals surface area contributed by atoms with Crippen molar-refractivity contribution >= 4 is 39.1 Å². The van der Waals surface area contributed by atoms with Crippen LogP contribution in [0.25, 0.3) is 21.3 Å². The Balaban J connectivity index is 1.99. The molecule has 0 aromatic carbocycles. The zero-order valence-electron chi connectivity index (χ0n) is 18.6. The summed E-state index contributed by atoms with van der Waals surface area (Å²) in [6.07, 6.45) is -1.76. The smallest absolute Gasteiger partial charge is 0.365 e. The highest BCUT2D eigenvalue weighted by Gasteiger charge is 2.35. The fraction of sp³-hybridized carbons (Fsp3) is 0.286. The number of alkyl halides is 3. The number of thiophene rings is 1. The maximum Gasteiger partial charge on any atom is 0.433 e. The molecular weight excluding hydrogens is 471 g/mol. The molecule has 0 unspecified atom stereocenters. The molecule has 0 spiro atoms. The van der Waals surface area contributed by atoms with E-state index in [1.165, 1.54) is 10.9 Å². The number of hydrogen-bond acceptors (Lipinski definition) is 6. The van der Waals surface area contributed by atoms with Crippen molar-refractivity contribution in [1.29, 1.82) is 0 Å². The number of hydrogen-bond donors (Lipinski definition) is 2. The number of amides is 2. The summed E-state index contributed by atoms with van der Waals surface area (Å²) in [7, 11) is 1.65. The number of halogens is 3. The zero-order valence-corrected chi connectivity index (χ0v) is 19.4. The summed E-state index contributed by atoms with van der Waals surface area (Å²) in [5, 5.41) is 11.2. The number of carbonyl (C=O) groups is 2. The van der Waals surface area contributed by atoms with Gasteiger partial charge in [-0.15, -0.1) is 11.3 Å². The maximum absolute atomic E-state index is 13.6. The van der Waals surface area contributed by atoms with Gasteiger partial charge in [-0.2, -0.15) is 23.4 Å². The van der Waals surface area contributed by atoms with E-state index in [9.17, 15) is 22.8 Å². The number of anilines is 1. The molecule has 4 aromatic heterocycles. The largest absolute Gasteiger partial charge is 0.433 e. The van der Waals surface area contributed by atoms with Gasteiger partial charge in [0.25, 0.3) is 11.8 Å². The summed E-state index contributed by atoms with van der Waals surface area (Å²) in [5.41, 5.74) is 6.24. The van der Waals surface area contributed by atoms with Crippen molar-refractivity contribution in [1.82, 2.24) is 24.5 Å². The van der Waals surface area contributed by atoms with Crippen molar-refractivity contribution in [3.8, 4) is 11.1 Å². The van der Waals surface area contributed by atoms with Crippen LogP contribution in [-0.2, 0) is 19.8 Å².